The Morgan fingerprint density at radius 2 is 1.02 bits per heavy atom. The fourth-order valence-electron chi connectivity index (χ4n) is 7.72. The first-order valence-electron chi connectivity index (χ1n) is 19.9. The zero-order valence-corrected chi connectivity index (χ0v) is 39.6. The van der Waals surface area contributed by atoms with Crippen molar-refractivity contribution < 1.29 is 53.4 Å². The summed E-state index contributed by atoms with van der Waals surface area (Å²) >= 11 is 0. The van der Waals surface area contributed by atoms with Crippen molar-refractivity contribution in [3.63, 3.8) is 0 Å². The summed E-state index contributed by atoms with van der Waals surface area (Å²) in [7, 11) is 5.47. The summed E-state index contributed by atoms with van der Waals surface area (Å²) in [5.41, 5.74) is 3.82. The normalized spacial score (nSPS) is 15.1. The summed E-state index contributed by atoms with van der Waals surface area (Å²) in [4.78, 5) is 64.5. The number of hydrogen-bond acceptors (Lipinski definition) is 10. The molecule has 330 valence electrons. The summed E-state index contributed by atoms with van der Waals surface area (Å²) in [5, 5.41) is 9.63. The van der Waals surface area contributed by atoms with Gasteiger partial charge in [-0.05, 0) is 50.9 Å². The van der Waals surface area contributed by atoms with Gasteiger partial charge in [-0.1, -0.05) is 102 Å². The second kappa shape index (κ2) is 23.7. The molecule has 4 aromatic rings. The van der Waals surface area contributed by atoms with Crippen LogP contribution in [0, 0.1) is 22.7 Å². The van der Waals surface area contributed by atoms with Gasteiger partial charge in [0.15, 0.2) is 11.6 Å². The van der Waals surface area contributed by atoms with Crippen molar-refractivity contribution >= 4 is 50.5 Å². The molecular formula is C45H65LiN6O7S2. The van der Waals surface area contributed by atoms with Gasteiger partial charge >= 0.3 is 30.8 Å². The molecule has 0 bridgehead atoms. The van der Waals surface area contributed by atoms with Crippen molar-refractivity contribution in [1.29, 1.82) is 0 Å². The maximum absolute atomic E-state index is 13.4. The van der Waals surface area contributed by atoms with Crippen LogP contribution >= 0.6 is 27.0 Å². The quantitative estimate of drug-likeness (QED) is 0.135. The van der Waals surface area contributed by atoms with E-state index in [1.165, 1.54) is 7.11 Å². The molecular weight excluding hydrogens is 808 g/mol. The van der Waals surface area contributed by atoms with Crippen LogP contribution in [-0.2, 0) is 40.5 Å². The van der Waals surface area contributed by atoms with Crippen molar-refractivity contribution in [2.75, 3.05) is 34.3 Å². The minimum Gasteiger partial charge on any atom is -0.870 e. The molecule has 13 nitrogen and oxygen atoms in total. The molecule has 61 heavy (non-hydrogen) atoms. The van der Waals surface area contributed by atoms with E-state index in [1.54, 1.807) is 0 Å². The number of ketones is 2. The number of aromatic nitrogens is 4. The molecule has 0 spiro atoms. The van der Waals surface area contributed by atoms with Gasteiger partial charge in [-0.15, -0.1) is 0 Å². The van der Waals surface area contributed by atoms with E-state index in [2.05, 4.69) is 26.0 Å². The van der Waals surface area contributed by atoms with E-state index in [0.717, 1.165) is 73.2 Å². The largest absolute Gasteiger partial charge is 1.00 e. The SMILES string of the molecule is CN1CCCn2c(-c3ccccc3)nc(C(=O)C[C@H](C(=O)O)C(C)(C)C)c2C1.COC(=O)[C@@H](CC(=O)c1nc(-c2ccccc2)n2c1CN(C)CCC2)C(C)(C)C.S.S.[Li+].[OH-]. The Hall–Kier alpha value is -3.68. The summed E-state index contributed by atoms with van der Waals surface area (Å²) in [6.07, 6.45) is 2.03. The van der Waals surface area contributed by atoms with Gasteiger partial charge < -0.3 is 34.3 Å². The maximum atomic E-state index is 13.4. The Bertz CT molecular complexity index is 2060. The van der Waals surface area contributed by atoms with Gasteiger partial charge in [-0.3, -0.25) is 19.2 Å². The van der Waals surface area contributed by atoms with Gasteiger partial charge in [-0.25, -0.2) is 9.97 Å². The monoisotopic (exact) mass is 872 g/mol. The number of carboxylic acid groups (broad SMARTS) is 1. The predicted octanol–water partition coefficient (Wildman–Crippen LogP) is 4.55. The van der Waals surface area contributed by atoms with Crippen LogP contribution in [0.3, 0.4) is 0 Å². The Morgan fingerprint density at radius 3 is 1.34 bits per heavy atom. The van der Waals surface area contributed by atoms with Crippen molar-refractivity contribution in [3.8, 4) is 22.8 Å². The Balaban J connectivity index is 0.000000573. The molecule has 2 aliphatic heterocycles. The van der Waals surface area contributed by atoms with Crippen LogP contribution in [0.2, 0.25) is 0 Å². The molecule has 4 heterocycles. The van der Waals surface area contributed by atoms with Crippen LogP contribution < -0.4 is 18.9 Å². The molecule has 2 atom stereocenters. The molecule has 2 N–H and O–H groups in total. The Kier molecular flexibility index (Phi) is 21.5. The average molecular weight is 873 g/mol. The Morgan fingerprint density at radius 1 is 0.656 bits per heavy atom. The van der Waals surface area contributed by atoms with E-state index < -0.39 is 23.2 Å². The van der Waals surface area contributed by atoms with Gasteiger partial charge in [0.2, 0.25) is 0 Å². The Labute approximate surface area is 387 Å². The van der Waals surface area contributed by atoms with Crippen molar-refractivity contribution in [3.05, 3.63) is 83.4 Å². The van der Waals surface area contributed by atoms with Crippen LogP contribution in [0.15, 0.2) is 60.7 Å². The van der Waals surface area contributed by atoms with E-state index in [-0.39, 0.29) is 87.1 Å². The number of nitrogens with zero attached hydrogens (tertiary/aromatic N) is 6. The van der Waals surface area contributed by atoms with E-state index >= 15 is 0 Å². The molecule has 6 rings (SSSR count). The molecule has 0 fully saturated rings. The maximum Gasteiger partial charge on any atom is 1.00 e. The molecule has 0 aliphatic carbocycles. The van der Waals surface area contributed by atoms with E-state index in [9.17, 15) is 24.3 Å². The first-order valence-corrected chi connectivity index (χ1v) is 19.9. The molecule has 2 aromatic heterocycles. The second-order valence-electron chi connectivity index (χ2n) is 17.6. The molecule has 16 heteroatoms. The number of imidazole rings is 2. The first-order chi connectivity index (χ1) is 26.9. The summed E-state index contributed by atoms with van der Waals surface area (Å²) in [6, 6.07) is 19.8. The number of aliphatic carboxylic acids is 1. The van der Waals surface area contributed by atoms with Crippen LogP contribution in [0.5, 0.6) is 0 Å². The van der Waals surface area contributed by atoms with Crippen molar-refractivity contribution in [1.82, 2.24) is 28.9 Å². The molecule has 0 amide bonds. The third-order valence-corrected chi connectivity index (χ3v) is 11.1. The van der Waals surface area contributed by atoms with Crippen LogP contribution in [-0.4, -0.2) is 97.3 Å². The van der Waals surface area contributed by atoms with Gasteiger partial charge in [0, 0.05) is 50.1 Å². The van der Waals surface area contributed by atoms with E-state index in [4.69, 9.17) is 14.7 Å². The van der Waals surface area contributed by atoms with E-state index in [1.807, 2.05) is 109 Å². The number of benzene rings is 2. The van der Waals surface area contributed by atoms with E-state index in [0.29, 0.717) is 24.5 Å². The van der Waals surface area contributed by atoms with Gasteiger partial charge in [0.05, 0.1) is 30.3 Å². The predicted molar refractivity (Wildman–Crippen MR) is 243 cm³/mol. The number of methoxy groups -OCH3 is 1. The number of hydrogen-bond donors (Lipinski definition) is 1. The zero-order valence-electron chi connectivity index (χ0n) is 37.6. The average Bonchev–Trinajstić information content (AvgIpc) is 3.54. The number of carboxylic acids is 1. The molecule has 2 aromatic carbocycles. The molecule has 2 aliphatic rings. The van der Waals surface area contributed by atoms with Gasteiger partial charge in [-0.2, -0.15) is 27.0 Å². The number of esters is 1. The number of carbonyl (C=O) groups is 4. The minimum absolute atomic E-state index is 0. The number of ether oxygens (including phenoxy) is 1. The van der Waals surface area contributed by atoms with Crippen LogP contribution in [0.25, 0.3) is 22.8 Å². The summed E-state index contributed by atoms with van der Waals surface area (Å²) in [5.74, 6) is -1.23. The topological polar surface area (TPSA) is 170 Å². The minimum atomic E-state index is -0.938. The number of carbonyl (C=O) groups excluding carboxylic acids is 3. The smallest absolute Gasteiger partial charge is 0.870 e. The summed E-state index contributed by atoms with van der Waals surface area (Å²) < 4.78 is 9.29. The fraction of sp³-hybridized carbons (Fsp3) is 0.511. The van der Waals surface area contributed by atoms with Gasteiger partial charge in [0.25, 0.3) is 0 Å². The third kappa shape index (κ3) is 13.7. The standard InChI is InChI=1S/C23H31N3O3.C22H29N3O3.Li.H2O.2H2S/c1-23(2,3)17(22(28)29-5)14-19(27)20-18-15-25(4)12-9-13-26(18)21(24-20)16-10-7-6-8-11-16;1-22(2,3)16(21(27)28)13-18(26)19-17-14-24(4)11-8-12-25(17)20(23-19)15-9-6-5-7-10-15;;;;/h6-8,10-11,17H,9,12-15H2,1-5H3;5-7,9-10,16H,8,11-14H2,1-4H3,(H,27,28);;3*1H2/q;;+1;;;/p-1/t17-;16-;;;;/m11..../s1. The van der Waals surface area contributed by atoms with Crippen molar-refractivity contribution in [2.45, 2.75) is 93.4 Å². The molecule has 0 unspecified atom stereocenters. The zero-order chi connectivity index (χ0) is 41.7. The second-order valence-corrected chi connectivity index (χ2v) is 17.6. The number of rotatable bonds is 10. The van der Waals surface area contributed by atoms with Crippen LogP contribution in [0.4, 0.5) is 0 Å². The molecule has 0 saturated heterocycles. The first kappa shape index (κ1) is 55.3. The molecule has 0 saturated carbocycles. The van der Waals surface area contributed by atoms with Crippen molar-refractivity contribution in [2.24, 2.45) is 22.7 Å². The molecule has 0 radical (unpaired) electrons. The van der Waals surface area contributed by atoms with Gasteiger partial charge in [0.1, 0.15) is 23.0 Å². The third-order valence-electron chi connectivity index (χ3n) is 11.1. The fourth-order valence-corrected chi connectivity index (χ4v) is 7.72. The summed E-state index contributed by atoms with van der Waals surface area (Å²) in [6.45, 7) is 16.3. The van der Waals surface area contributed by atoms with Crippen LogP contribution in [0.1, 0.15) is 99.6 Å². The number of Topliss-reactive ketones (excluding diaryl/α,β-unsaturated/α-hetero) is 2. The number of fused-ring (bicyclic) bond motifs is 2.